The van der Waals surface area contributed by atoms with E-state index in [0.717, 1.165) is 9.87 Å². The monoisotopic (exact) mass is 525 g/mol. The molecule has 0 aliphatic heterocycles. The number of ether oxygens (including phenoxy) is 3. The fourth-order valence-electron chi connectivity index (χ4n) is 3.21. The number of benzene rings is 3. The van der Waals surface area contributed by atoms with Crippen LogP contribution < -0.4 is 19.2 Å². The van der Waals surface area contributed by atoms with Crippen LogP contribution in [0, 0.1) is 6.92 Å². The van der Waals surface area contributed by atoms with Crippen LogP contribution in [0.25, 0.3) is 0 Å². The summed E-state index contributed by atoms with van der Waals surface area (Å²) in [6.07, 6.45) is 1.39. The van der Waals surface area contributed by atoms with E-state index in [4.69, 9.17) is 9.47 Å². The second-order valence-electron chi connectivity index (χ2n) is 7.73. The second-order valence-corrected chi connectivity index (χ2v) is 9.59. The highest BCUT2D eigenvalue weighted by atomic mass is 32.2. The molecule has 0 radical (unpaired) electrons. The first-order valence-electron chi connectivity index (χ1n) is 11.1. The van der Waals surface area contributed by atoms with Gasteiger partial charge in [0.25, 0.3) is 15.9 Å². The summed E-state index contributed by atoms with van der Waals surface area (Å²) in [5, 5.41) is 3.93. The Hall–Kier alpha value is -4.38. The van der Waals surface area contributed by atoms with Crippen LogP contribution in [0.1, 0.15) is 11.1 Å². The van der Waals surface area contributed by atoms with Crippen LogP contribution in [-0.2, 0) is 24.3 Å². The van der Waals surface area contributed by atoms with Crippen LogP contribution in [0.2, 0.25) is 0 Å². The van der Waals surface area contributed by atoms with E-state index in [1.807, 2.05) is 6.92 Å². The molecule has 0 atom stereocenters. The molecule has 0 spiro atoms. The van der Waals surface area contributed by atoms with Gasteiger partial charge in [0.2, 0.25) is 0 Å². The summed E-state index contributed by atoms with van der Waals surface area (Å²) in [4.78, 5) is 24.0. The Kier molecular flexibility index (Phi) is 9.22. The number of hydrogen-bond donors (Lipinski definition) is 1. The van der Waals surface area contributed by atoms with Gasteiger partial charge in [-0.25, -0.2) is 18.6 Å². The fourth-order valence-corrected chi connectivity index (χ4v) is 4.65. The van der Waals surface area contributed by atoms with Gasteiger partial charge in [-0.15, -0.1) is 0 Å². The second kappa shape index (κ2) is 12.5. The first kappa shape index (κ1) is 27.2. The third-order valence-electron chi connectivity index (χ3n) is 5.09. The van der Waals surface area contributed by atoms with E-state index in [-0.39, 0.29) is 17.2 Å². The molecule has 3 aromatic rings. The minimum atomic E-state index is -4.10. The minimum absolute atomic E-state index is 0.0318. The largest absolute Gasteiger partial charge is 0.495 e. The van der Waals surface area contributed by atoms with Crippen molar-refractivity contribution in [3.8, 4) is 11.5 Å². The average molecular weight is 526 g/mol. The number of nitrogens with one attached hydrogen (secondary N) is 1. The highest BCUT2D eigenvalue weighted by Gasteiger charge is 2.29. The van der Waals surface area contributed by atoms with E-state index in [9.17, 15) is 18.0 Å². The van der Waals surface area contributed by atoms with Gasteiger partial charge in [0.05, 0.1) is 31.0 Å². The summed E-state index contributed by atoms with van der Waals surface area (Å²) in [5.41, 5.74) is 4.02. The highest BCUT2D eigenvalue weighted by Crippen LogP contribution is 2.33. The van der Waals surface area contributed by atoms with Gasteiger partial charge in [0.15, 0.2) is 6.61 Å². The minimum Gasteiger partial charge on any atom is -0.495 e. The number of amides is 1. The predicted molar refractivity (Wildman–Crippen MR) is 138 cm³/mol. The van der Waals surface area contributed by atoms with Crippen molar-refractivity contribution in [2.24, 2.45) is 5.10 Å². The molecule has 3 rings (SSSR count). The maximum Gasteiger partial charge on any atom is 0.343 e. The van der Waals surface area contributed by atoms with Gasteiger partial charge in [0, 0.05) is 0 Å². The van der Waals surface area contributed by atoms with Gasteiger partial charge in [0.1, 0.15) is 18.0 Å². The zero-order valence-electron chi connectivity index (χ0n) is 20.6. The lowest BCUT2D eigenvalue weighted by molar-refractivity contribution is -0.142. The zero-order valence-corrected chi connectivity index (χ0v) is 21.4. The SMILES string of the molecule is COC(=O)COc1ccc(/C=N\NC(=O)CN(c2cc(C)ccc2OC)S(=O)(=O)c2ccccc2)cc1. The van der Waals surface area contributed by atoms with Gasteiger partial charge < -0.3 is 14.2 Å². The Labute approximate surface area is 215 Å². The van der Waals surface area contributed by atoms with Crippen molar-refractivity contribution in [3.05, 3.63) is 83.9 Å². The molecule has 0 aliphatic carbocycles. The summed E-state index contributed by atoms with van der Waals surface area (Å²) >= 11 is 0. The standard InChI is InChI=1S/C26H27N3O7S/c1-19-9-14-24(34-2)23(15-19)29(37(32,33)22-7-5-4-6-8-22)17-25(30)28-27-16-20-10-12-21(13-11-20)36-18-26(31)35-3/h4-16H,17-18H2,1-3H3,(H,28,30)/b27-16-. The molecular weight excluding hydrogens is 498 g/mol. The molecule has 0 aromatic heterocycles. The van der Waals surface area contributed by atoms with Crippen molar-refractivity contribution in [3.63, 3.8) is 0 Å². The van der Waals surface area contributed by atoms with E-state index >= 15 is 0 Å². The maximum atomic E-state index is 13.5. The molecule has 37 heavy (non-hydrogen) atoms. The number of rotatable bonds is 11. The average Bonchev–Trinajstić information content (AvgIpc) is 2.91. The number of methoxy groups -OCH3 is 2. The Bertz CT molecular complexity index is 1360. The molecule has 0 saturated carbocycles. The van der Waals surface area contributed by atoms with Crippen molar-refractivity contribution in [2.75, 3.05) is 31.7 Å². The molecule has 1 N–H and O–H groups in total. The van der Waals surface area contributed by atoms with E-state index in [1.165, 1.54) is 32.6 Å². The van der Waals surface area contributed by atoms with E-state index in [2.05, 4.69) is 15.3 Å². The Morgan fingerprint density at radius 3 is 2.35 bits per heavy atom. The van der Waals surface area contributed by atoms with Crippen LogP contribution in [0.5, 0.6) is 11.5 Å². The van der Waals surface area contributed by atoms with Crippen LogP contribution in [0.3, 0.4) is 0 Å². The van der Waals surface area contributed by atoms with Crippen molar-refractivity contribution in [1.82, 2.24) is 5.43 Å². The van der Waals surface area contributed by atoms with E-state index < -0.39 is 28.4 Å². The topological polar surface area (TPSA) is 124 Å². The smallest absolute Gasteiger partial charge is 0.343 e. The molecule has 10 nitrogen and oxygen atoms in total. The lowest BCUT2D eigenvalue weighted by Gasteiger charge is -2.25. The van der Waals surface area contributed by atoms with E-state index in [1.54, 1.807) is 60.7 Å². The predicted octanol–water partition coefficient (Wildman–Crippen LogP) is 2.90. The summed E-state index contributed by atoms with van der Waals surface area (Å²) in [5.74, 6) is -0.395. The van der Waals surface area contributed by atoms with Gasteiger partial charge in [-0.1, -0.05) is 24.3 Å². The number of sulfonamides is 1. The highest BCUT2D eigenvalue weighted by molar-refractivity contribution is 7.92. The van der Waals surface area contributed by atoms with Crippen molar-refractivity contribution in [1.29, 1.82) is 0 Å². The lowest BCUT2D eigenvalue weighted by atomic mass is 10.2. The number of aryl methyl sites for hydroxylation is 1. The number of hydrogen-bond acceptors (Lipinski definition) is 8. The van der Waals surface area contributed by atoms with Crippen molar-refractivity contribution >= 4 is 33.8 Å². The summed E-state index contributed by atoms with van der Waals surface area (Å²) in [6, 6.07) is 19.5. The Morgan fingerprint density at radius 1 is 1.00 bits per heavy atom. The van der Waals surface area contributed by atoms with Crippen LogP contribution in [-0.4, -0.2) is 53.9 Å². The lowest BCUT2D eigenvalue weighted by Crippen LogP contribution is -2.39. The molecule has 0 saturated heterocycles. The summed E-state index contributed by atoms with van der Waals surface area (Å²) in [7, 11) is -1.40. The molecule has 0 fully saturated rings. The molecule has 1 amide bonds. The molecule has 0 unspecified atom stereocenters. The number of carbonyl (C=O) groups excluding carboxylic acids is 2. The Morgan fingerprint density at radius 2 is 1.70 bits per heavy atom. The summed E-state index contributed by atoms with van der Waals surface area (Å²) < 4.78 is 43.2. The van der Waals surface area contributed by atoms with Crippen LogP contribution in [0.4, 0.5) is 5.69 Å². The quantitative estimate of drug-likeness (QED) is 0.232. The van der Waals surface area contributed by atoms with Gasteiger partial charge in [-0.2, -0.15) is 5.10 Å². The number of carbonyl (C=O) groups is 2. The third kappa shape index (κ3) is 7.31. The molecule has 0 bridgehead atoms. The summed E-state index contributed by atoms with van der Waals surface area (Å²) in [6.45, 7) is 1.06. The number of hydrazone groups is 1. The zero-order chi connectivity index (χ0) is 26.8. The first-order valence-corrected chi connectivity index (χ1v) is 12.5. The number of anilines is 1. The fraction of sp³-hybridized carbons (Fsp3) is 0.192. The number of esters is 1. The third-order valence-corrected chi connectivity index (χ3v) is 6.86. The molecule has 0 heterocycles. The first-order chi connectivity index (χ1) is 17.7. The van der Waals surface area contributed by atoms with Gasteiger partial charge in [-0.05, 0) is 66.6 Å². The normalized spacial score (nSPS) is 11.1. The molecule has 3 aromatic carbocycles. The van der Waals surface area contributed by atoms with E-state index in [0.29, 0.717) is 17.1 Å². The molecule has 0 aliphatic rings. The number of nitrogens with zero attached hydrogens (tertiary/aromatic N) is 2. The van der Waals surface area contributed by atoms with Crippen LogP contribution in [0.15, 0.2) is 82.8 Å². The van der Waals surface area contributed by atoms with Crippen molar-refractivity contribution < 1.29 is 32.2 Å². The van der Waals surface area contributed by atoms with Gasteiger partial charge in [-0.3, -0.25) is 9.10 Å². The molecular formula is C26H27N3O7S. The van der Waals surface area contributed by atoms with Crippen molar-refractivity contribution in [2.45, 2.75) is 11.8 Å². The molecule has 194 valence electrons. The maximum absolute atomic E-state index is 13.5. The molecule has 11 heteroatoms. The van der Waals surface area contributed by atoms with Gasteiger partial charge >= 0.3 is 5.97 Å². The van der Waals surface area contributed by atoms with Crippen LogP contribution >= 0.6 is 0 Å². The Balaban J connectivity index is 1.76.